The first-order chi connectivity index (χ1) is 12.6. The van der Waals surface area contributed by atoms with E-state index in [1.807, 2.05) is 48.5 Å². The van der Waals surface area contributed by atoms with Crippen LogP contribution in [0.15, 0.2) is 83.5 Å². The maximum atomic E-state index is 12.9. The Labute approximate surface area is 152 Å². The zero-order valence-corrected chi connectivity index (χ0v) is 14.3. The van der Waals surface area contributed by atoms with Crippen LogP contribution in [0.3, 0.4) is 0 Å². The van der Waals surface area contributed by atoms with Gasteiger partial charge in [-0.05, 0) is 24.6 Å². The molecule has 1 aliphatic heterocycles. The molecule has 0 spiro atoms. The van der Waals surface area contributed by atoms with Gasteiger partial charge in [-0.2, -0.15) is 5.26 Å². The van der Waals surface area contributed by atoms with Gasteiger partial charge in [0, 0.05) is 5.57 Å². The third-order valence-electron chi connectivity index (χ3n) is 4.15. The van der Waals surface area contributed by atoms with Crippen LogP contribution in [0.25, 0.3) is 0 Å². The molecule has 0 radical (unpaired) electrons. The maximum Gasteiger partial charge on any atom is 0.205 e. The van der Waals surface area contributed by atoms with Crippen molar-refractivity contribution in [3.05, 3.63) is 89.0 Å². The quantitative estimate of drug-likeness (QED) is 0.896. The van der Waals surface area contributed by atoms with Crippen molar-refractivity contribution in [2.75, 3.05) is 6.61 Å². The van der Waals surface area contributed by atoms with E-state index in [4.69, 9.17) is 15.2 Å². The summed E-state index contributed by atoms with van der Waals surface area (Å²) in [5, 5.41) is 9.55. The minimum absolute atomic E-state index is 0.0272. The van der Waals surface area contributed by atoms with Gasteiger partial charge in [0.2, 0.25) is 11.7 Å². The molecule has 5 heteroatoms. The standard InChI is InChI=1S/C21H18N2O3/c1-14-19(18(24)13-25-16-10-6-3-7-11-16)20(15-8-4-2-5-9-15)17(12-22)21(23)26-14/h2-11,20H,13,23H2,1H3. The van der Waals surface area contributed by atoms with Gasteiger partial charge >= 0.3 is 0 Å². The van der Waals surface area contributed by atoms with Crippen LogP contribution in [0.5, 0.6) is 5.75 Å². The first kappa shape index (κ1) is 17.3. The highest BCUT2D eigenvalue weighted by Crippen LogP contribution is 2.39. The molecule has 2 aromatic carbocycles. The molecule has 0 aromatic heterocycles. The normalized spacial score (nSPS) is 16.7. The number of carbonyl (C=O) groups excluding carboxylic acids is 1. The van der Waals surface area contributed by atoms with Gasteiger partial charge in [-0.1, -0.05) is 48.5 Å². The fraction of sp³-hybridized carbons (Fsp3) is 0.143. The Morgan fingerprint density at radius 2 is 1.77 bits per heavy atom. The van der Waals surface area contributed by atoms with Crippen molar-refractivity contribution in [3.8, 4) is 11.8 Å². The Morgan fingerprint density at radius 1 is 1.15 bits per heavy atom. The van der Waals surface area contributed by atoms with Gasteiger partial charge < -0.3 is 15.2 Å². The highest BCUT2D eigenvalue weighted by atomic mass is 16.5. The number of benzene rings is 2. The van der Waals surface area contributed by atoms with E-state index >= 15 is 0 Å². The molecule has 0 aliphatic carbocycles. The molecule has 26 heavy (non-hydrogen) atoms. The molecular formula is C21H18N2O3. The number of ketones is 1. The predicted octanol–water partition coefficient (Wildman–Crippen LogP) is 3.42. The van der Waals surface area contributed by atoms with Crippen LogP contribution in [-0.2, 0) is 9.53 Å². The number of ether oxygens (including phenoxy) is 2. The number of nitrogens with two attached hydrogens (primary N) is 1. The van der Waals surface area contributed by atoms with Crippen LogP contribution < -0.4 is 10.5 Å². The molecule has 2 aromatic rings. The first-order valence-corrected chi connectivity index (χ1v) is 8.16. The number of nitriles is 1. The van der Waals surface area contributed by atoms with Crippen LogP contribution in [0.4, 0.5) is 0 Å². The minimum Gasteiger partial charge on any atom is -0.485 e. The lowest BCUT2D eigenvalue weighted by Crippen LogP contribution is -2.27. The highest BCUT2D eigenvalue weighted by molar-refractivity contribution is 5.99. The number of rotatable bonds is 5. The van der Waals surface area contributed by atoms with Gasteiger partial charge in [0.15, 0.2) is 6.61 Å². The number of carbonyl (C=O) groups is 1. The Bertz CT molecular complexity index is 909. The summed E-state index contributed by atoms with van der Waals surface area (Å²) in [6.45, 7) is 1.52. The Morgan fingerprint density at radius 3 is 2.38 bits per heavy atom. The number of Topliss-reactive ketones (excluding diaryl/α,β-unsaturated/α-hetero) is 1. The third kappa shape index (κ3) is 3.45. The summed E-state index contributed by atoms with van der Waals surface area (Å²) in [6, 6.07) is 20.5. The number of nitrogens with zero attached hydrogens (tertiary/aromatic N) is 1. The zero-order chi connectivity index (χ0) is 18.5. The molecule has 5 nitrogen and oxygen atoms in total. The van der Waals surface area contributed by atoms with Gasteiger partial charge in [0.1, 0.15) is 23.2 Å². The topological polar surface area (TPSA) is 85.3 Å². The van der Waals surface area contributed by atoms with E-state index < -0.39 is 5.92 Å². The average molecular weight is 346 g/mol. The molecule has 1 atom stereocenters. The summed E-state index contributed by atoms with van der Waals surface area (Å²) in [6.07, 6.45) is 0. The van der Waals surface area contributed by atoms with Crippen LogP contribution in [0.2, 0.25) is 0 Å². The Hall–Kier alpha value is -3.52. The minimum atomic E-state index is -0.568. The summed E-state index contributed by atoms with van der Waals surface area (Å²) < 4.78 is 11.0. The van der Waals surface area contributed by atoms with E-state index in [2.05, 4.69) is 6.07 Å². The lowest BCUT2D eigenvalue weighted by atomic mass is 9.81. The maximum absolute atomic E-state index is 12.9. The van der Waals surface area contributed by atoms with Crippen molar-refractivity contribution in [3.63, 3.8) is 0 Å². The molecule has 0 bridgehead atoms. The highest BCUT2D eigenvalue weighted by Gasteiger charge is 2.35. The van der Waals surface area contributed by atoms with Crippen LogP contribution >= 0.6 is 0 Å². The summed E-state index contributed by atoms with van der Waals surface area (Å²) in [7, 11) is 0. The Balaban J connectivity index is 1.93. The second-order valence-corrected chi connectivity index (χ2v) is 5.83. The second-order valence-electron chi connectivity index (χ2n) is 5.83. The van der Waals surface area contributed by atoms with Gasteiger partial charge in [0.25, 0.3) is 0 Å². The lowest BCUT2D eigenvalue weighted by molar-refractivity contribution is -0.118. The molecule has 1 heterocycles. The van der Waals surface area contributed by atoms with Crippen molar-refractivity contribution in [2.24, 2.45) is 5.73 Å². The van der Waals surface area contributed by atoms with E-state index in [0.717, 1.165) is 5.56 Å². The number of hydrogen-bond acceptors (Lipinski definition) is 5. The molecular weight excluding hydrogens is 328 g/mol. The van der Waals surface area contributed by atoms with Gasteiger partial charge in [-0.25, -0.2) is 0 Å². The second kappa shape index (κ2) is 7.58. The molecule has 1 unspecified atom stereocenters. The van der Waals surface area contributed by atoms with E-state index in [9.17, 15) is 10.1 Å². The van der Waals surface area contributed by atoms with Crippen LogP contribution in [0, 0.1) is 11.3 Å². The van der Waals surface area contributed by atoms with Crippen LogP contribution in [0.1, 0.15) is 18.4 Å². The zero-order valence-electron chi connectivity index (χ0n) is 14.3. The largest absolute Gasteiger partial charge is 0.485 e. The van der Waals surface area contributed by atoms with Gasteiger partial charge in [0.05, 0.1) is 5.92 Å². The summed E-state index contributed by atoms with van der Waals surface area (Å²) in [5.41, 5.74) is 7.31. The summed E-state index contributed by atoms with van der Waals surface area (Å²) in [5.74, 6) is 0.196. The molecule has 0 saturated carbocycles. The van der Waals surface area contributed by atoms with Gasteiger partial charge in [-0.15, -0.1) is 0 Å². The monoisotopic (exact) mass is 346 g/mol. The lowest BCUT2D eigenvalue weighted by Gasteiger charge is -2.27. The van der Waals surface area contributed by atoms with E-state index in [1.54, 1.807) is 19.1 Å². The van der Waals surface area contributed by atoms with Crippen molar-refractivity contribution in [1.82, 2.24) is 0 Å². The molecule has 0 saturated heterocycles. The SMILES string of the molecule is CC1=C(C(=O)COc2ccccc2)C(c2ccccc2)C(C#N)=C(N)O1. The Kier molecular flexibility index (Phi) is 5.04. The van der Waals surface area contributed by atoms with E-state index in [1.165, 1.54) is 0 Å². The number of para-hydroxylation sites is 1. The third-order valence-corrected chi connectivity index (χ3v) is 4.15. The van der Waals surface area contributed by atoms with Crippen LogP contribution in [-0.4, -0.2) is 12.4 Å². The number of allylic oxidation sites excluding steroid dienone is 2. The average Bonchev–Trinajstić information content (AvgIpc) is 2.67. The van der Waals surface area contributed by atoms with Crippen molar-refractivity contribution < 1.29 is 14.3 Å². The fourth-order valence-corrected chi connectivity index (χ4v) is 2.96. The molecule has 0 amide bonds. The molecule has 1 aliphatic rings. The van der Waals surface area contributed by atoms with E-state index in [-0.39, 0.29) is 23.8 Å². The van der Waals surface area contributed by atoms with E-state index in [0.29, 0.717) is 17.1 Å². The molecule has 0 fully saturated rings. The molecule has 130 valence electrons. The van der Waals surface area contributed by atoms with Gasteiger partial charge in [-0.3, -0.25) is 4.79 Å². The van der Waals surface area contributed by atoms with Crippen molar-refractivity contribution in [1.29, 1.82) is 5.26 Å². The number of hydrogen-bond donors (Lipinski definition) is 1. The summed E-state index contributed by atoms with van der Waals surface area (Å²) >= 11 is 0. The molecule has 3 rings (SSSR count). The van der Waals surface area contributed by atoms with Crippen molar-refractivity contribution >= 4 is 5.78 Å². The smallest absolute Gasteiger partial charge is 0.205 e. The first-order valence-electron chi connectivity index (χ1n) is 8.16. The van der Waals surface area contributed by atoms with Crippen molar-refractivity contribution in [2.45, 2.75) is 12.8 Å². The molecule has 2 N–H and O–H groups in total. The summed E-state index contributed by atoms with van der Waals surface area (Å²) in [4.78, 5) is 12.9. The fourth-order valence-electron chi connectivity index (χ4n) is 2.96. The predicted molar refractivity (Wildman–Crippen MR) is 96.7 cm³/mol.